The van der Waals surface area contributed by atoms with Gasteiger partial charge in [-0.1, -0.05) is 42.2 Å². The van der Waals surface area contributed by atoms with Crippen molar-refractivity contribution >= 4 is 17.9 Å². The zero-order chi connectivity index (χ0) is 18.1. The first-order valence-corrected chi connectivity index (χ1v) is 7.68. The van der Waals surface area contributed by atoms with Crippen molar-refractivity contribution in [1.82, 2.24) is 10.8 Å². The third kappa shape index (κ3) is 5.98. The highest BCUT2D eigenvalue weighted by molar-refractivity contribution is 5.93. The second kappa shape index (κ2) is 9.06. The van der Waals surface area contributed by atoms with Gasteiger partial charge in [-0.05, 0) is 42.8 Å². The largest absolute Gasteiger partial charge is 0.339 e. The van der Waals surface area contributed by atoms with E-state index in [4.69, 9.17) is 5.21 Å². The number of benzene rings is 2. The normalized spacial score (nSPS) is 11.3. The lowest BCUT2D eigenvalue weighted by molar-refractivity contribution is -0.116. The summed E-state index contributed by atoms with van der Waals surface area (Å²) in [5.41, 5.74) is 3.55. The Morgan fingerprint density at radius 3 is 2.40 bits per heavy atom. The van der Waals surface area contributed by atoms with E-state index in [1.807, 2.05) is 30.3 Å². The maximum atomic E-state index is 11.9. The highest BCUT2D eigenvalue weighted by Crippen LogP contribution is 2.03. The van der Waals surface area contributed by atoms with Gasteiger partial charge >= 0.3 is 0 Å². The molecule has 0 fully saturated rings. The number of carbonyl (C=O) groups excluding carboxylic acids is 2. The summed E-state index contributed by atoms with van der Waals surface area (Å²) in [7, 11) is 0. The van der Waals surface area contributed by atoms with E-state index in [1.165, 1.54) is 6.08 Å². The molecule has 5 nitrogen and oxygen atoms in total. The number of nitrogens with one attached hydrogen (secondary N) is 2. The first kappa shape index (κ1) is 18.0. The number of rotatable bonds is 4. The van der Waals surface area contributed by atoms with E-state index in [0.29, 0.717) is 11.1 Å². The minimum absolute atomic E-state index is 0.222. The summed E-state index contributed by atoms with van der Waals surface area (Å²) in [5, 5.41) is 11.3. The molecular formula is C20H18N2O3. The Bertz CT molecular complexity index is 816. The molecule has 0 radical (unpaired) electrons. The highest BCUT2D eigenvalue weighted by atomic mass is 16.5. The van der Waals surface area contributed by atoms with Crippen molar-refractivity contribution in [2.75, 3.05) is 0 Å². The van der Waals surface area contributed by atoms with Crippen LogP contribution in [-0.4, -0.2) is 23.1 Å². The van der Waals surface area contributed by atoms with Gasteiger partial charge < -0.3 is 5.32 Å². The maximum Gasteiger partial charge on any atom is 0.274 e. The van der Waals surface area contributed by atoms with Gasteiger partial charge in [0.05, 0.1) is 6.04 Å². The summed E-state index contributed by atoms with van der Waals surface area (Å²) in [6, 6.07) is 15.7. The second-order valence-electron chi connectivity index (χ2n) is 5.26. The lowest BCUT2D eigenvalue weighted by atomic mass is 10.1. The van der Waals surface area contributed by atoms with Crippen LogP contribution in [-0.2, 0) is 4.79 Å². The Morgan fingerprint density at radius 2 is 1.76 bits per heavy atom. The van der Waals surface area contributed by atoms with Crippen LogP contribution in [0.5, 0.6) is 0 Å². The topological polar surface area (TPSA) is 78.4 Å². The molecule has 3 N–H and O–H groups in total. The average molecular weight is 334 g/mol. The van der Waals surface area contributed by atoms with Crippen LogP contribution in [0, 0.1) is 11.8 Å². The van der Waals surface area contributed by atoms with Crippen LogP contribution in [0.25, 0.3) is 6.08 Å². The van der Waals surface area contributed by atoms with Crippen LogP contribution >= 0.6 is 0 Å². The quantitative estimate of drug-likeness (QED) is 0.348. The molecule has 0 aliphatic heterocycles. The van der Waals surface area contributed by atoms with Gasteiger partial charge in [0, 0.05) is 17.2 Å². The molecular weight excluding hydrogens is 316 g/mol. The third-order valence-corrected chi connectivity index (χ3v) is 3.27. The molecule has 0 aromatic heterocycles. The Balaban J connectivity index is 1.91. The minimum Gasteiger partial charge on any atom is -0.339 e. The first-order chi connectivity index (χ1) is 12.1. The molecule has 0 saturated carbocycles. The van der Waals surface area contributed by atoms with Crippen LogP contribution in [0.3, 0.4) is 0 Å². The Kier molecular flexibility index (Phi) is 6.52. The van der Waals surface area contributed by atoms with Crippen molar-refractivity contribution in [2.24, 2.45) is 0 Å². The fourth-order valence-corrected chi connectivity index (χ4v) is 1.99. The lowest BCUT2D eigenvalue weighted by Gasteiger charge is -2.04. The lowest BCUT2D eigenvalue weighted by Crippen LogP contribution is -2.29. The molecule has 2 amide bonds. The van der Waals surface area contributed by atoms with Gasteiger partial charge in [-0.25, -0.2) is 5.48 Å². The summed E-state index contributed by atoms with van der Waals surface area (Å²) >= 11 is 0. The van der Waals surface area contributed by atoms with E-state index in [9.17, 15) is 9.59 Å². The number of hydrogen-bond donors (Lipinski definition) is 3. The number of hydrogen-bond acceptors (Lipinski definition) is 3. The van der Waals surface area contributed by atoms with Gasteiger partial charge in [0.1, 0.15) is 0 Å². The van der Waals surface area contributed by atoms with Gasteiger partial charge in [0.15, 0.2) is 0 Å². The van der Waals surface area contributed by atoms with E-state index in [2.05, 4.69) is 17.2 Å². The van der Waals surface area contributed by atoms with Crippen LogP contribution in [0.2, 0.25) is 0 Å². The smallest absolute Gasteiger partial charge is 0.274 e. The molecule has 0 heterocycles. The Morgan fingerprint density at radius 1 is 1.08 bits per heavy atom. The predicted octanol–water partition coefficient (Wildman–Crippen LogP) is 2.38. The molecule has 0 aliphatic carbocycles. The van der Waals surface area contributed by atoms with Crippen LogP contribution in [0.4, 0.5) is 0 Å². The fourth-order valence-electron chi connectivity index (χ4n) is 1.99. The zero-order valence-electron chi connectivity index (χ0n) is 13.7. The molecule has 0 bridgehead atoms. The van der Waals surface area contributed by atoms with Crippen molar-refractivity contribution in [2.45, 2.75) is 13.0 Å². The van der Waals surface area contributed by atoms with Gasteiger partial charge in [-0.3, -0.25) is 14.8 Å². The molecule has 0 aliphatic rings. The average Bonchev–Trinajstić information content (AvgIpc) is 2.65. The third-order valence-electron chi connectivity index (χ3n) is 3.27. The van der Waals surface area contributed by atoms with E-state index in [0.717, 1.165) is 5.56 Å². The number of hydroxylamine groups is 1. The van der Waals surface area contributed by atoms with Gasteiger partial charge in [0.2, 0.25) is 5.91 Å². The van der Waals surface area contributed by atoms with Crippen molar-refractivity contribution < 1.29 is 14.8 Å². The molecule has 2 aromatic rings. The van der Waals surface area contributed by atoms with E-state index in [1.54, 1.807) is 42.7 Å². The standard InChI is InChI=1S/C20H18N2O3/c1-15(21-19(23)14-11-16-5-3-2-4-6-16)7-8-17-9-12-18(13-10-17)20(24)22-25/h2-6,9-15,25H,1H3,(H,21,23)(H,22,24)/b14-11+/t15-/m0/s1. The Hall–Kier alpha value is -3.36. The van der Waals surface area contributed by atoms with Crippen LogP contribution in [0.1, 0.15) is 28.4 Å². The summed E-state index contributed by atoms with van der Waals surface area (Å²) < 4.78 is 0. The molecule has 126 valence electrons. The SMILES string of the molecule is C[C@@H](C#Cc1ccc(C(=O)NO)cc1)NC(=O)/C=C/c1ccccc1. The molecule has 0 saturated heterocycles. The molecule has 2 rings (SSSR count). The van der Waals surface area contributed by atoms with E-state index < -0.39 is 5.91 Å². The summed E-state index contributed by atoms with van der Waals surface area (Å²) in [6.45, 7) is 1.79. The highest BCUT2D eigenvalue weighted by Gasteiger charge is 2.03. The molecule has 2 aromatic carbocycles. The van der Waals surface area contributed by atoms with Crippen LogP contribution < -0.4 is 10.8 Å². The minimum atomic E-state index is -0.578. The van der Waals surface area contributed by atoms with Gasteiger partial charge in [0.25, 0.3) is 5.91 Å². The van der Waals surface area contributed by atoms with Crippen molar-refractivity contribution in [3.8, 4) is 11.8 Å². The maximum absolute atomic E-state index is 11.9. The van der Waals surface area contributed by atoms with E-state index >= 15 is 0 Å². The predicted molar refractivity (Wildman–Crippen MR) is 95.7 cm³/mol. The van der Waals surface area contributed by atoms with Crippen molar-refractivity contribution in [3.05, 3.63) is 77.4 Å². The molecule has 1 atom stereocenters. The monoisotopic (exact) mass is 334 g/mol. The molecule has 0 unspecified atom stereocenters. The summed E-state index contributed by atoms with van der Waals surface area (Å²) in [4.78, 5) is 23.1. The second-order valence-corrected chi connectivity index (χ2v) is 5.26. The molecule has 25 heavy (non-hydrogen) atoms. The van der Waals surface area contributed by atoms with Gasteiger partial charge in [-0.2, -0.15) is 0 Å². The summed E-state index contributed by atoms with van der Waals surface area (Å²) in [5.74, 6) is 5.05. The van der Waals surface area contributed by atoms with Crippen molar-refractivity contribution in [1.29, 1.82) is 0 Å². The van der Waals surface area contributed by atoms with Gasteiger partial charge in [-0.15, -0.1) is 0 Å². The molecule has 5 heteroatoms. The van der Waals surface area contributed by atoms with E-state index in [-0.39, 0.29) is 11.9 Å². The Labute approximate surface area is 146 Å². The number of amides is 2. The first-order valence-electron chi connectivity index (χ1n) is 7.68. The van der Waals surface area contributed by atoms with Crippen molar-refractivity contribution in [3.63, 3.8) is 0 Å². The fraction of sp³-hybridized carbons (Fsp3) is 0.100. The molecule has 0 spiro atoms. The zero-order valence-corrected chi connectivity index (χ0v) is 13.7. The number of carbonyl (C=O) groups is 2. The summed E-state index contributed by atoms with van der Waals surface area (Å²) in [6.07, 6.45) is 3.20. The van der Waals surface area contributed by atoms with Crippen LogP contribution in [0.15, 0.2) is 60.7 Å².